The SMILES string of the molecule is C=C(C)C[C@H](c1ccc(F)c(F)c1F)N1CCNCC1. The van der Waals surface area contributed by atoms with Gasteiger partial charge < -0.3 is 5.32 Å². The van der Waals surface area contributed by atoms with Gasteiger partial charge in [0.2, 0.25) is 0 Å². The van der Waals surface area contributed by atoms with Crippen molar-refractivity contribution in [1.82, 2.24) is 10.2 Å². The molecule has 0 saturated carbocycles. The molecule has 1 saturated heterocycles. The predicted molar refractivity (Wildman–Crippen MR) is 72.9 cm³/mol. The standard InChI is InChI=1S/C15H19F3N2/c1-10(2)9-13(20-7-5-19-6-8-20)11-3-4-12(16)15(18)14(11)17/h3-4,13,19H,1,5-9H2,2H3/t13-/m1/s1. The van der Waals surface area contributed by atoms with Gasteiger partial charge in [-0.05, 0) is 19.4 Å². The molecule has 1 aromatic carbocycles. The van der Waals surface area contributed by atoms with Crippen LogP contribution in [-0.2, 0) is 0 Å². The average molecular weight is 284 g/mol. The molecule has 1 fully saturated rings. The van der Waals surface area contributed by atoms with Gasteiger partial charge in [0, 0.05) is 37.8 Å². The molecule has 0 bridgehead atoms. The van der Waals surface area contributed by atoms with Crippen LogP contribution in [0.4, 0.5) is 13.2 Å². The van der Waals surface area contributed by atoms with Crippen LogP contribution in [-0.4, -0.2) is 31.1 Å². The zero-order chi connectivity index (χ0) is 14.7. The van der Waals surface area contributed by atoms with Gasteiger partial charge in [0.1, 0.15) is 0 Å². The summed E-state index contributed by atoms with van der Waals surface area (Å²) in [6.07, 6.45) is 0.530. The Kier molecular flexibility index (Phi) is 4.83. The van der Waals surface area contributed by atoms with Gasteiger partial charge in [0.05, 0.1) is 0 Å². The van der Waals surface area contributed by atoms with E-state index in [9.17, 15) is 13.2 Å². The molecular formula is C15H19F3N2. The van der Waals surface area contributed by atoms with Gasteiger partial charge in [0.25, 0.3) is 0 Å². The third-order valence-electron chi connectivity index (χ3n) is 3.56. The molecule has 2 rings (SSSR count). The zero-order valence-corrected chi connectivity index (χ0v) is 11.6. The third kappa shape index (κ3) is 3.22. The Morgan fingerprint density at radius 2 is 1.90 bits per heavy atom. The molecule has 1 atom stereocenters. The van der Waals surface area contributed by atoms with E-state index in [2.05, 4.69) is 16.8 Å². The molecule has 0 unspecified atom stereocenters. The van der Waals surface area contributed by atoms with Gasteiger partial charge in [-0.15, -0.1) is 6.58 Å². The molecule has 110 valence electrons. The smallest absolute Gasteiger partial charge is 0.194 e. The first-order chi connectivity index (χ1) is 9.50. The van der Waals surface area contributed by atoms with Crippen molar-refractivity contribution in [2.75, 3.05) is 26.2 Å². The molecule has 0 amide bonds. The van der Waals surface area contributed by atoms with Crippen molar-refractivity contribution in [3.63, 3.8) is 0 Å². The number of rotatable bonds is 4. The monoisotopic (exact) mass is 284 g/mol. The second-order valence-corrected chi connectivity index (χ2v) is 5.23. The molecule has 0 aromatic heterocycles. The van der Waals surface area contributed by atoms with E-state index < -0.39 is 17.5 Å². The molecule has 1 heterocycles. The van der Waals surface area contributed by atoms with Crippen molar-refractivity contribution in [2.45, 2.75) is 19.4 Å². The fourth-order valence-electron chi connectivity index (χ4n) is 2.56. The van der Waals surface area contributed by atoms with E-state index in [1.807, 2.05) is 6.92 Å². The normalized spacial score (nSPS) is 18.0. The van der Waals surface area contributed by atoms with E-state index in [-0.39, 0.29) is 11.6 Å². The lowest BCUT2D eigenvalue weighted by molar-refractivity contribution is 0.168. The van der Waals surface area contributed by atoms with Crippen molar-refractivity contribution >= 4 is 0 Å². The third-order valence-corrected chi connectivity index (χ3v) is 3.56. The molecule has 1 aliphatic rings. The number of hydrogen-bond acceptors (Lipinski definition) is 2. The van der Waals surface area contributed by atoms with Crippen LogP contribution in [0.1, 0.15) is 24.9 Å². The van der Waals surface area contributed by atoms with Gasteiger partial charge in [0.15, 0.2) is 17.5 Å². The van der Waals surface area contributed by atoms with E-state index in [4.69, 9.17) is 0 Å². The van der Waals surface area contributed by atoms with Crippen molar-refractivity contribution < 1.29 is 13.2 Å². The molecule has 1 N–H and O–H groups in total. The number of hydrogen-bond donors (Lipinski definition) is 1. The van der Waals surface area contributed by atoms with E-state index in [0.717, 1.165) is 37.8 Å². The Morgan fingerprint density at radius 3 is 2.50 bits per heavy atom. The first-order valence-electron chi connectivity index (χ1n) is 6.73. The summed E-state index contributed by atoms with van der Waals surface area (Å²) < 4.78 is 40.6. The lowest BCUT2D eigenvalue weighted by Crippen LogP contribution is -2.45. The summed E-state index contributed by atoms with van der Waals surface area (Å²) in [5.41, 5.74) is 1.09. The maximum atomic E-state index is 14.0. The highest BCUT2D eigenvalue weighted by atomic mass is 19.2. The highest BCUT2D eigenvalue weighted by Crippen LogP contribution is 2.31. The number of piperazine rings is 1. The summed E-state index contributed by atoms with van der Waals surface area (Å²) in [6, 6.07) is 2.02. The Labute approximate surface area is 117 Å². The summed E-state index contributed by atoms with van der Waals surface area (Å²) in [5, 5.41) is 3.22. The summed E-state index contributed by atoms with van der Waals surface area (Å²) in [6.45, 7) is 8.81. The fourth-order valence-corrected chi connectivity index (χ4v) is 2.56. The van der Waals surface area contributed by atoms with Crippen molar-refractivity contribution in [3.05, 3.63) is 47.3 Å². The predicted octanol–water partition coefficient (Wildman–Crippen LogP) is 3.02. The van der Waals surface area contributed by atoms with Crippen LogP contribution in [0.2, 0.25) is 0 Å². The Hall–Kier alpha value is -1.33. The van der Waals surface area contributed by atoms with Crippen molar-refractivity contribution in [2.24, 2.45) is 0 Å². The van der Waals surface area contributed by atoms with Crippen LogP contribution in [0.3, 0.4) is 0 Å². The molecule has 1 aromatic rings. The molecule has 0 aliphatic carbocycles. The molecule has 20 heavy (non-hydrogen) atoms. The number of nitrogens with zero attached hydrogens (tertiary/aromatic N) is 1. The lowest BCUT2D eigenvalue weighted by Gasteiger charge is -2.35. The summed E-state index contributed by atoms with van der Waals surface area (Å²) in [5.74, 6) is -3.64. The maximum absolute atomic E-state index is 14.0. The second kappa shape index (κ2) is 6.41. The van der Waals surface area contributed by atoms with Crippen molar-refractivity contribution in [1.29, 1.82) is 0 Å². The quantitative estimate of drug-likeness (QED) is 0.675. The maximum Gasteiger partial charge on any atom is 0.194 e. The largest absolute Gasteiger partial charge is 0.314 e. The van der Waals surface area contributed by atoms with E-state index in [0.29, 0.717) is 6.42 Å². The van der Waals surface area contributed by atoms with Crippen LogP contribution in [0, 0.1) is 17.5 Å². The first-order valence-corrected chi connectivity index (χ1v) is 6.73. The van der Waals surface area contributed by atoms with Gasteiger partial charge in [-0.2, -0.15) is 0 Å². The van der Waals surface area contributed by atoms with Crippen LogP contribution in [0.5, 0.6) is 0 Å². The number of benzene rings is 1. The van der Waals surface area contributed by atoms with Gasteiger partial charge in [-0.3, -0.25) is 4.90 Å². The Morgan fingerprint density at radius 1 is 1.25 bits per heavy atom. The van der Waals surface area contributed by atoms with Gasteiger partial charge >= 0.3 is 0 Å². The fraction of sp³-hybridized carbons (Fsp3) is 0.467. The molecule has 2 nitrogen and oxygen atoms in total. The lowest BCUT2D eigenvalue weighted by atomic mass is 9.97. The van der Waals surface area contributed by atoms with E-state index in [1.165, 1.54) is 6.07 Å². The zero-order valence-electron chi connectivity index (χ0n) is 11.6. The van der Waals surface area contributed by atoms with Crippen LogP contribution >= 0.6 is 0 Å². The van der Waals surface area contributed by atoms with Crippen LogP contribution < -0.4 is 5.32 Å². The summed E-state index contributed by atoms with van der Waals surface area (Å²) >= 11 is 0. The number of halogens is 3. The summed E-state index contributed by atoms with van der Waals surface area (Å²) in [7, 11) is 0. The Balaban J connectivity index is 2.35. The average Bonchev–Trinajstić information content (AvgIpc) is 2.44. The number of nitrogens with one attached hydrogen (secondary N) is 1. The molecule has 5 heteroatoms. The molecular weight excluding hydrogens is 265 g/mol. The first kappa shape index (κ1) is 15.1. The van der Waals surface area contributed by atoms with Gasteiger partial charge in [-0.1, -0.05) is 11.6 Å². The van der Waals surface area contributed by atoms with Crippen molar-refractivity contribution in [3.8, 4) is 0 Å². The van der Waals surface area contributed by atoms with Crippen LogP contribution in [0.15, 0.2) is 24.3 Å². The summed E-state index contributed by atoms with van der Waals surface area (Å²) in [4.78, 5) is 2.08. The second-order valence-electron chi connectivity index (χ2n) is 5.23. The minimum atomic E-state index is -1.40. The molecule has 0 radical (unpaired) electrons. The van der Waals surface area contributed by atoms with E-state index >= 15 is 0 Å². The highest BCUT2D eigenvalue weighted by Gasteiger charge is 2.27. The minimum absolute atomic E-state index is 0.203. The topological polar surface area (TPSA) is 15.3 Å². The Bertz CT molecular complexity index is 496. The molecule has 0 spiro atoms. The molecule has 1 aliphatic heterocycles. The van der Waals surface area contributed by atoms with Crippen LogP contribution in [0.25, 0.3) is 0 Å². The highest BCUT2D eigenvalue weighted by molar-refractivity contribution is 5.25. The minimum Gasteiger partial charge on any atom is -0.314 e. The van der Waals surface area contributed by atoms with E-state index in [1.54, 1.807) is 0 Å². The van der Waals surface area contributed by atoms with Gasteiger partial charge in [-0.25, -0.2) is 13.2 Å².